The van der Waals surface area contributed by atoms with Gasteiger partial charge in [-0.1, -0.05) is 6.07 Å². The minimum atomic E-state index is -2.94. The van der Waals surface area contributed by atoms with E-state index in [1.807, 2.05) is 13.8 Å². The molecule has 2 atom stereocenters. The molecule has 1 heterocycles. The Hall–Kier alpha value is -1.12. The molecule has 0 bridgehead atoms. The fourth-order valence-corrected chi connectivity index (χ4v) is 3.88. The van der Waals surface area contributed by atoms with Crippen molar-refractivity contribution in [1.29, 1.82) is 0 Å². The van der Waals surface area contributed by atoms with Crippen LogP contribution in [0.15, 0.2) is 22.5 Å². The average molecular weight is 375 g/mol. The van der Waals surface area contributed by atoms with Gasteiger partial charge in [0.15, 0.2) is 5.96 Å². The fourth-order valence-electron chi connectivity index (χ4n) is 2.18. The van der Waals surface area contributed by atoms with Gasteiger partial charge in [0.1, 0.15) is 9.84 Å². The third kappa shape index (κ3) is 8.12. The number of guanidine groups is 1. The average Bonchev–Trinajstić information content (AvgIpc) is 2.98. The summed E-state index contributed by atoms with van der Waals surface area (Å²) >= 11 is 1.73. The molecule has 0 aliphatic carbocycles. The first-order valence-electron chi connectivity index (χ1n) is 8.15. The lowest BCUT2D eigenvalue weighted by Crippen LogP contribution is -2.43. The lowest BCUT2D eigenvalue weighted by molar-refractivity contribution is 0.310. The minimum absolute atomic E-state index is 0.0390. The van der Waals surface area contributed by atoms with Crippen LogP contribution in [0.1, 0.15) is 31.2 Å². The highest BCUT2D eigenvalue weighted by Crippen LogP contribution is 2.23. The minimum Gasteiger partial charge on any atom is -0.357 e. The van der Waals surface area contributed by atoms with Crippen molar-refractivity contribution in [2.75, 3.05) is 39.2 Å². The lowest BCUT2D eigenvalue weighted by atomic mass is 10.2. The monoisotopic (exact) mass is 374 g/mol. The zero-order valence-corrected chi connectivity index (χ0v) is 16.9. The Labute approximate surface area is 150 Å². The molecule has 0 aromatic carbocycles. The smallest absolute Gasteiger partial charge is 0.191 e. The fraction of sp³-hybridized carbons (Fsp3) is 0.688. The number of hydrogen-bond acceptors (Lipinski definition) is 5. The van der Waals surface area contributed by atoms with Gasteiger partial charge in [-0.25, -0.2) is 8.42 Å². The standard InChI is InChI=1S/C16H30N4O2S2/c1-6-17-16(19-13(2)9-11-24(5,21)22)18-12-14(20(3)4)15-8-7-10-23-15/h7-8,10,13-14H,6,9,11-12H2,1-5H3,(H2,17,18,19). The van der Waals surface area contributed by atoms with E-state index in [1.165, 1.54) is 11.1 Å². The number of likely N-dealkylation sites (N-methyl/N-ethyl adjacent to an activating group) is 1. The summed E-state index contributed by atoms with van der Waals surface area (Å²) in [6.45, 7) is 5.39. The van der Waals surface area contributed by atoms with E-state index < -0.39 is 9.84 Å². The lowest BCUT2D eigenvalue weighted by Gasteiger charge is -2.23. The summed E-state index contributed by atoms with van der Waals surface area (Å²) in [6, 6.07) is 4.44. The van der Waals surface area contributed by atoms with Crippen molar-refractivity contribution in [1.82, 2.24) is 15.5 Å². The van der Waals surface area contributed by atoms with Crippen molar-refractivity contribution in [3.63, 3.8) is 0 Å². The van der Waals surface area contributed by atoms with Gasteiger partial charge >= 0.3 is 0 Å². The molecule has 138 valence electrons. The second-order valence-corrected chi connectivity index (χ2v) is 9.42. The van der Waals surface area contributed by atoms with Gasteiger partial charge in [-0.05, 0) is 45.8 Å². The highest BCUT2D eigenvalue weighted by molar-refractivity contribution is 7.90. The van der Waals surface area contributed by atoms with Gasteiger partial charge in [-0.3, -0.25) is 4.99 Å². The van der Waals surface area contributed by atoms with Crippen LogP contribution < -0.4 is 10.6 Å². The van der Waals surface area contributed by atoms with Crippen LogP contribution in [0.5, 0.6) is 0 Å². The third-order valence-electron chi connectivity index (χ3n) is 3.57. The molecular weight excluding hydrogens is 344 g/mol. The van der Waals surface area contributed by atoms with Crippen molar-refractivity contribution in [2.45, 2.75) is 32.4 Å². The first-order chi connectivity index (χ1) is 11.2. The van der Waals surface area contributed by atoms with Gasteiger partial charge in [0.05, 0.1) is 18.3 Å². The van der Waals surface area contributed by atoms with E-state index in [9.17, 15) is 8.42 Å². The summed E-state index contributed by atoms with van der Waals surface area (Å²) in [7, 11) is 1.16. The molecule has 1 rings (SSSR count). The Kier molecular flexibility index (Phi) is 8.72. The number of rotatable bonds is 9. The zero-order valence-electron chi connectivity index (χ0n) is 15.2. The van der Waals surface area contributed by atoms with E-state index in [-0.39, 0.29) is 17.8 Å². The number of sulfone groups is 1. The van der Waals surface area contributed by atoms with Gasteiger partial charge in [-0.15, -0.1) is 11.3 Å². The number of aliphatic imine (C=N–C) groups is 1. The van der Waals surface area contributed by atoms with E-state index in [1.54, 1.807) is 11.3 Å². The predicted molar refractivity (Wildman–Crippen MR) is 104 cm³/mol. The molecule has 0 saturated heterocycles. The summed E-state index contributed by atoms with van der Waals surface area (Å²) < 4.78 is 22.6. The van der Waals surface area contributed by atoms with Crippen LogP contribution in [0.3, 0.4) is 0 Å². The van der Waals surface area contributed by atoms with E-state index >= 15 is 0 Å². The zero-order chi connectivity index (χ0) is 18.2. The molecular formula is C16H30N4O2S2. The molecule has 6 nitrogen and oxygen atoms in total. The van der Waals surface area contributed by atoms with Crippen LogP contribution in [0.4, 0.5) is 0 Å². The van der Waals surface area contributed by atoms with E-state index in [2.05, 4.69) is 52.1 Å². The van der Waals surface area contributed by atoms with Gasteiger partial charge in [0, 0.05) is 23.7 Å². The third-order valence-corrected chi connectivity index (χ3v) is 5.52. The molecule has 1 aromatic heterocycles. The normalized spacial score (nSPS) is 15.3. The van der Waals surface area contributed by atoms with Crippen LogP contribution in [-0.4, -0.2) is 64.5 Å². The summed E-state index contributed by atoms with van der Waals surface area (Å²) in [5, 5.41) is 8.59. The Morgan fingerprint density at radius 1 is 1.42 bits per heavy atom. The summed E-state index contributed by atoms with van der Waals surface area (Å²) in [4.78, 5) is 8.13. The van der Waals surface area contributed by atoms with Crippen molar-refractivity contribution in [2.24, 2.45) is 4.99 Å². The molecule has 2 unspecified atom stereocenters. The topological polar surface area (TPSA) is 73.8 Å². The summed E-state index contributed by atoms with van der Waals surface area (Å²) in [6.07, 6.45) is 1.83. The summed E-state index contributed by atoms with van der Waals surface area (Å²) in [5.74, 6) is 0.901. The Balaban J connectivity index is 2.69. The molecule has 0 fully saturated rings. The maximum atomic E-state index is 11.3. The number of hydrogen-bond donors (Lipinski definition) is 2. The first kappa shape index (κ1) is 20.9. The van der Waals surface area contributed by atoms with Crippen molar-refractivity contribution >= 4 is 27.1 Å². The number of nitrogens with zero attached hydrogens (tertiary/aromatic N) is 2. The van der Waals surface area contributed by atoms with Crippen LogP contribution in [0, 0.1) is 0 Å². The number of thiophene rings is 1. The highest BCUT2D eigenvalue weighted by Gasteiger charge is 2.15. The van der Waals surface area contributed by atoms with Crippen LogP contribution >= 0.6 is 11.3 Å². The van der Waals surface area contributed by atoms with Crippen molar-refractivity contribution in [3.05, 3.63) is 22.4 Å². The van der Waals surface area contributed by atoms with Gasteiger partial charge in [-0.2, -0.15) is 0 Å². The van der Waals surface area contributed by atoms with Crippen molar-refractivity contribution in [3.8, 4) is 0 Å². The maximum Gasteiger partial charge on any atom is 0.191 e. The first-order valence-corrected chi connectivity index (χ1v) is 11.1. The van der Waals surface area contributed by atoms with Crippen LogP contribution in [-0.2, 0) is 9.84 Å². The predicted octanol–water partition coefficient (Wildman–Crippen LogP) is 1.73. The van der Waals surface area contributed by atoms with Gasteiger partial charge in [0.25, 0.3) is 0 Å². The molecule has 2 N–H and O–H groups in total. The molecule has 0 saturated carbocycles. The summed E-state index contributed by atoms with van der Waals surface area (Å²) in [5.41, 5.74) is 0. The molecule has 8 heteroatoms. The molecule has 0 spiro atoms. The van der Waals surface area contributed by atoms with Gasteiger partial charge < -0.3 is 15.5 Å². The largest absolute Gasteiger partial charge is 0.357 e. The number of nitrogens with one attached hydrogen (secondary N) is 2. The van der Waals surface area contributed by atoms with Crippen molar-refractivity contribution < 1.29 is 8.42 Å². The Morgan fingerprint density at radius 3 is 2.62 bits per heavy atom. The Bertz CT molecular complexity index is 598. The van der Waals surface area contributed by atoms with E-state index in [0.29, 0.717) is 13.0 Å². The van der Waals surface area contributed by atoms with E-state index in [0.717, 1.165) is 12.5 Å². The Morgan fingerprint density at radius 2 is 2.12 bits per heavy atom. The molecule has 1 aromatic rings. The molecule has 24 heavy (non-hydrogen) atoms. The molecule has 0 amide bonds. The molecule has 0 radical (unpaired) electrons. The van der Waals surface area contributed by atoms with E-state index in [4.69, 9.17) is 0 Å². The van der Waals surface area contributed by atoms with Gasteiger partial charge in [0.2, 0.25) is 0 Å². The van der Waals surface area contributed by atoms with Crippen LogP contribution in [0.25, 0.3) is 0 Å². The SMILES string of the molecule is CCNC(=NCC(c1cccs1)N(C)C)NC(C)CCS(C)(=O)=O. The second kappa shape index (κ2) is 10.0. The maximum absolute atomic E-state index is 11.3. The molecule has 0 aliphatic rings. The van der Waals surface area contributed by atoms with Crippen LogP contribution in [0.2, 0.25) is 0 Å². The second-order valence-electron chi connectivity index (χ2n) is 6.18. The highest BCUT2D eigenvalue weighted by atomic mass is 32.2. The quantitative estimate of drug-likeness (QED) is 0.509. The molecule has 0 aliphatic heterocycles.